The molecule has 2 heterocycles. The van der Waals surface area contributed by atoms with E-state index in [4.69, 9.17) is 14.5 Å². The Balaban J connectivity index is 0.00000324. The summed E-state index contributed by atoms with van der Waals surface area (Å²) in [5.74, 6) is 0.869. The minimum Gasteiger partial charge on any atom is -0.497 e. The van der Waals surface area contributed by atoms with Gasteiger partial charge in [0.15, 0.2) is 5.13 Å². The lowest BCUT2D eigenvalue weighted by molar-refractivity contribution is -0.118. The molecule has 1 saturated heterocycles. The topological polar surface area (TPSA) is 54.9 Å². The van der Waals surface area contributed by atoms with Crippen molar-refractivity contribution in [1.29, 1.82) is 0 Å². The van der Waals surface area contributed by atoms with Crippen LogP contribution >= 0.6 is 23.7 Å². The molecule has 1 aliphatic rings. The summed E-state index contributed by atoms with van der Waals surface area (Å²) in [4.78, 5) is 22.7. The number of anilines is 1. The zero-order valence-corrected chi connectivity index (χ0v) is 22.1. The van der Waals surface area contributed by atoms with Gasteiger partial charge in [-0.15, -0.1) is 12.4 Å². The zero-order valence-electron chi connectivity index (χ0n) is 20.4. The van der Waals surface area contributed by atoms with Crippen LogP contribution in [0, 0.1) is 20.8 Å². The van der Waals surface area contributed by atoms with Crippen LogP contribution in [-0.4, -0.2) is 62.3 Å². The largest absolute Gasteiger partial charge is 0.497 e. The molecule has 0 radical (unpaired) electrons. The van der Waals surface area contributed by atoms with Gasteiger partial charge in [0.25, 0.3) is 0 Å². The fraction of sp³-hybridized carbons (Fsp3) is 0.462. The van der Waals surface area contributed by atoms with E-state index in [1.54, 1.807) is 18.4 Å². The molecule has 1 aliphatic heterocycles. The molecule has 184 valence electrons. The first-order chi connectivity index (χ1) is 15.9. The Hall–Kier alpha value is -2.19. The molecule has 0 saturated carbocycles. The van der Waals surface area contributed by atoms with E-state index in [0.29, 0.717) is 13.0 Å². The second-order valence-corrected chi connectivity index (χ2v) is 9.75. The summed E-state index contributed by atoms with van der Waals surface area (Å²) < 4.78 is 11.9. The third-order valence-corrected chi connectivity index (χ3v) is 7.30. The molecule has 3 aromatic rings. The smallest absolute Gasteiger partial charge is 0.233 e. The molecule has 6 nitrogen and oxygen atoms in total. The fourth-order valence-corrected chi connectivity index (χ4v) is 5.47. The highest BCUT2D eigenvalue weighted by Crippen LogP contribution is 2.32. The summed E-state index contributed by atoms with van der Waals surface area (Å²) in [5, 5.41) is 0.757. The Kier molecular flexibility index (Phi) is 9.31. The fourth-order valence-electron chi connectivity index (χ4n) is 4.48. The van der Waals surface area contributed by atoms with Crippen molar-refractivity contribution in [3.63, 3.8) is 0 Å². The first-order valence-corrected chi connectivity index (χ1v) is 12.4. The number of carbonyl (C=O) groups is 1. The zero-order chi connectivity index (χ0) is 23.4. The number of amides is 1. The number of hydrogen-bond acceptors (Lipinski definition) is 6. The molecule has 2 aromatic carbocycles. The van der Waals surface area contributed by atoms with Crippen LogP contribution in [0.25, 0.3) is 10.2 Å². The van der Waals surface area contributed by atoms with Crippen molar-refractivity contribution in [1.82, 2.24) is 9.88 Å². The maximum atomic E-state index is 13.6. The summed E-state index contributed by atoms with van der Waals surface area (Å²) in [6.07, 6.45) is 1.28. The van der Waals surface area contributed by atoms with E-state index in [0.717, 1.165) is 65.9 Å². The maximum absolute atomic E-state index is 13.6. The van der Waals surface area contributed by atoms with Crippen LogP contribution in [-0.2, 0) is 16.0 Å². The molecule has 0 unspecified atom stereocenters. The number of aryl methyl sites for hydroxylation is 3. The normalized spacial score (nSPS) is 14.1. The van der Waals surface area contributed by atoms with E-state index in [2.05, 4.69) is 37.8 Å². The average molecular weight is 504 g/mol. The highest BCUT2D eigenvalue weighted by Gasteiger charge is 2.22. The van der Waals surface area contributed by atoms with Gasteiger partial charge in [-0.25, -0.2) is 4.98 Å². The summed E-state index contributed by atoms with van der Waals surface area (Å²) in [7, 11) is 1.65. The predicted octanol–water partition coefficient (Wildman–Crippen LogP) is 4.95. The maximum Gasteiger partial charge on any atom is 0.233 e. The Morgan fingerprint density at radius 2 is 1.85 bits per heavy atom. The minimum atomic E-state index is 0. The minimum absolute atomic E-state index is 0. The molecular formula is C26H34ClN3O3S. The van der Waals surface area contributed by atoms with Gasteiger partial charge >= 0.3 is 0 Å². The van der Waals surface area contributed by atoms with E-state index >= 15 is 0 Å². The number of thiazole rings is 1. The van der Waals surface area contributed by atoms with Gasteiger partial charge in [0.2, 0.25) is 5.91 Å². The average Bonchev–Trinajstić information content (AvgIpc) is 3.22. The number of nitrogens with zero attached hydrogens (tertiary/aromatic N) is 3. The molecule has 34 heavy (non-hydrogen) atoms. The number of morpholine rings is 1. The van der Waals surface area contributed by atoms with Crippen LogP contribution in [0.5, 0.6) is 5.75 Å². The molecule has 8 heteroatoms. The Morgan fingerprint density at radius 3 is 2.53 bits per heavy atom. The van der Waals surface area contributed by atoms with E-state index in [1.165, 1.54) is 16.7 Å². The van der Waals surface area contributed by atoms with Gasteiger partial charge in [0.05, 0.1) is 37.0 Å². The van der Waals surface area contributed by atoms with Gasteiger partial charge in [-0.3, -0.25) is 14.6 Å². The number of halogens is 1. The second-order valence-electron chi connectivity index (χ2n) is 8.74. The number of hydrogen-bond donors (Lipinski definition) is 0. The van der Waals surface area contributed by atoms with Crippen molar-refractivity contribution in [3.8, 4) is 5.75 Å². The second kappa shape index (κ2) is 12.0. The molecule has 0 aliphatic carbocycles. The van der Waals surface area contributed by atoms with E-state index in [-0.39, 0.29) is 18.3 Å². The lowest BCUT2D eigenvalue weighted by atomic mass is 9.97. The number of aromatic nitrogens is 1. The Morgan fingerprint density at radius 1 is 1.15 bits per heavy atom. The third-order valence-electron chi connectivity index (χ3n) is 6.24. The third kappa shape index (κ3) is 6.27. The van der Waals surface area contributed by atoms with Crippen molar-refractivity contribution in [2.24, 2.45) is 0 Å². The summed E-state index contributed by atoms with van der Waals surface area (Å²) in [6, 6.07) is 10.2. The molecule has 0 spiro atoms. The van der Waals surface area contributed by atoms with Crippen molar-refractivity contribution >= 4 is 45.0 Å². The van der Waals surface area contributed by atoms with Gasteiger partial charge in [-0.05, 0) is 56.0 Å². The number of rotatable bonds is 8. The van der Waals surface area contributed by atoms with Gasteiger partial charge in [-0.1, -0.05) is 29.0 Å². The molecular weight excluding hydrogens is 470 g/mol. The van der Waals surface area contributed by atoms with Crippen LogP contribution in [0.3, 0.4) is 0 Å². The number of benzene rings is 2. The van der Waals surface area contributed by atoms with Gasteiger partial charge < -0.3 is 9.47 Å². The van der Waals surface area contributed by atoms with Crippen molar-refractivity contribution in [3.05, 3.63) is 52.6 Å². The van der Waals surface area contributed by atoms with Crippen LogP contribution in [0.1, 0.15) is 28.7 Å². The summed E-state index contributed by atoms with van der Waals surface area (Å²) in [6.45, 7) is 11.4. The molecule has 0 bridgehead atoms. The molecule has 0 atom stereocenters. The first kappa shape index (κ1) is 26.4. The van der Waals surface area contributed by atoms with Crippen LogP contribution in [0.4, 0.5) is 5.13 Å². The molecule has 1 amide bonds. The van der Waals surface area contributed by atoms with Crippen LogP contribution in [0.15, 0.2) is 30.3 Å². The first-order valence-electron chi connectivity index (χ1n) is 11.6. The van der Waals surface area contributed by atoms with Crippen molar-refractivity contribution in [2.75, 3.05) is 51.4 Å². The monoisotopic (exact) mass is 503 g/mol. The molecule has 1 fully saturated rings. The number of methoxy groups -OCH3 is 1. The standard InChI is InChI=1S/C26H33N3O3S.ClH/c1-18-14-19(2)22(20(3)15-18)17-25(30)29(9-5-8-28-10-12-32-13-11-28)26-27-23-16-21(31-4)6-7-24(23)33-26;/h6-7,14-16H,5,8-13,17H2,1-4H3;1H. The molecule has 4 rings (SSSR count). The highest BCUT2D eigenvalue weighted by molar-refractivity contribution is 7.22. The lowest BCUT2D eigenvalue weighted by Gasteiger charge is -2.28. The number of fused-ring (bicyclic) bond motifs is 1. The lowest BCUT2D eigenvalue weighted by Crippen LogP contribution is -2.39. The van der Waals surface area contributed by atoms with E-state index in [1.807, 2.05) is 23.1 Å². The van der Waals surface area contributed by atoms with Gasteiger partial charge in [0, 0.05) is 32.2 Å². The summed E-state index contributed by atoms with van der Waals surface area (Å²) in [5.41, 5.74) is 5.55. The van der Waals surface area contributed by atoms with Crippen LogP contribution < -0.4 is 9.64 Å². The predicted molar refractivity (Wildman–Crippen MR) is 142 cm³/mol. The molecule has 1 aromatic heterocycles. The van der Waals surface area contributed by atoms with E-state index in [9.17, 15) is 4.79 Å². The van der Waals surface area contributed by atoms with Crippen molar-refractivity contribution in [2.45, 2.75) is 33.6 Å². The Bertz CT molecular complexity index is 1100. The van der Waals surface area contributed by atoms with Crippen molar-refractivity contribution < 1.29 is 14.3 Å². The Labute approximate surface area is 212 Å². The van der Waals surface area contributed by atoms with Crippen LogP contribution in [0.2, 0.25) is 0 Å². The number of carbonyl (C=O) groups excluding carboxylic acids is 1. The quantitative estimate of drug-likeness (QED) is 0.435. The number of ether oxygens (including phenoxy) is 2. The van der Waals surface area contributed by atoms with Gasteiger partial charge in [-0.2, -0.15) is 0 Å². The SMILES string of the molecule is COc1ccc2sc(N(CCCN3CCOCC3)C(=O)Cc3c(C)cc(C)cc3C)nc2c1.Cl. The molecule has 0 N–H and O–H groups in total. The highest BCUT2D eigenvalue weighted by atomic mass is 35.5. The van der Waals surface area contributed by atoms with E-state index < -0.39 is 0 Å². The van der Waals surface area contributed by atoms with Gasteiger partial charge in [0.1, 0.15) is 5.75 Å². The summed E-state index contributed by atoms with van der Waals surface area (Å²) >= 11 is 1.57.